The van der Waals surface area contributed by atoms with E-state index < -0.39 is 31.1 Å². The van der Waals surface area contributed by atoms with Gasteiger partial charge in [-0.25, -0.2) is 0 Å². The van der Waals surface area contributed by atoms with Crippen molar-refractivity contribution in [2.45, 2.75) is 39.1 Å². The molecule has 0 aliphatic carbocycles. The number of carbonyl (C=O) groups excluding carboxylic acids is 1. The van der Waals surface area contributed by atoms with Gasteiger partial charge in [0.05, 0.1) is 6.04 Å². The molecule has 1 atom stereocenters. The summed E-state index contributed by atoms with van der Waals surface area (Å²) < 4.78 is 45.0. The first-order valence-electron chi connectivity index (χ1n) is 7.97. The number of carbonyl (C=O) groups is 1. The van der Waals surface area contributed by atoms with E-state index in [4.69, 9.17) is 31.4 Å². The summed E-state index contributed by atoms with van der Waals surface area (Å²) in [6, 6.07) is 3.16. The molecule has 94 valence electrons. The van der Waals surface area contributed by atoms with Crippen LogP contribution in [0.5, 0.6) is 0 Å². The quantitative estimate of drug-likeness (QED) is 0.849. The average molecular weight is 280 g/mol. The van der Waals surface area contributed by atoms with Crippen LogP contribution >= 0.6 is 23.2 Å². The Morgan fingerprint density at radius 2 is 1.88 bits per heavy atom. The second kappa shape index (κ2) is 5.38. The van der Waals surface area contributed by atoms with Gasteiger partial charge in [-0.15, -0.1) is 0 Å². The minimum Gasteiger partial charge on any atom is -0.303 e. The van der Waals surface area contributed by atoms with E-state index in [1.165, 1.54) is 25.1 Å². The Morgan fingerprint density at radius 1 is 1.35 bits per heavy atom. The van der Waals surface area contributed by atoms with Crippen LogP contribution in [0.4, 0.5) is 0 Å². The van der Waals surface area contributed by atoms with Gasteiger partial charge in [0.1, 0.15) is 0 Å². The van der Waals surface area contributed by atoms with Gasteiger partial charge in [0.25, 0.3) is 0 Å². The van der Waals surface area contributed by atoms with E-state index in [0.717, 1.165) is 6.92 Å². The van der Waals surface area contributed by atoms with Crippen LogP contribution in [0, 0.1) is 0 Å². The van der Waals surface area contributed by atoms with Crippen molar-refractivity contribution in [3.05, 3.63) is 33.8 Å². The van der Waals surface area contributed by atoms with E-state index in [1.807, 2.05) is 0 Å². The predicted octanol–water partition coefficient (Wildman–Crippen LogP) is 3.95. The number of nitrogens with one attached hydrogen (secondary N) is 1. The fourth-order valence-electron chi connectivity index (χ4n) is 1.44. The highest BCUT2D eigenvalue weighted by molar-refractivity contribution is 6.35. The molecule has 0 heterocycles. The fraction of sp³-hybridized carbons (Fsp3) is 0.462. The highest BCUT2D eigenvalue weighted by Crippen LogP contribution is 2.20. The molecule has 0 radical (unpaired) electrons. The van der Waals surface area contributed by atoms with Gasteiger partial charge in [0.15, 0.2) is 5.78 Å². The summed E-state index contributed by atoms with van der Waals surface area (Å²) in [5.74, 6) is -0.505. The molecule has 0 fully saturated rings. The zero-order valence-electron chi connectivity index (χ0n) is 15.5. The first kappa shape index (κ1) is 7.78. The van der Waals surface area contributed by atoms with Gasteiger partial charge in [-0.1, -0.05) is 23.2 Å². The molecule has 0 amide bonds. The minimum atomic E-state index is -2.83. The lowest BCUT2D eigenvalue weighted by Gasteiger charge is -2.25. The van der Waals surface area contributed by atoms with Crippen LogP contribution in [0.25, 0.3) is 0 Å². The monoisotopic (exact) mass is 279 g/mol. The molecule has 1 N–H and O–H groups in total. The smallest absolute Gasteiger partial charge is 0.179 e. The number of Topliss-reactive ketones (excluding diaryl/α,β-unsaturated/α-hetero) is 1. The van der Waals surface area contributed by atoms with Crippen LogP contribution in [-0.2, 0) is 0 Å². The second-order valence-corrected chi connectivity index (χ2v) is 4.89. The van der Waals surface area contributed by atoms with Crippen molar-refractivity contribution in [2.24, 2.45) is 0 Å². The van der Waals surface area contributed by atoms with Crippen LogP contribution in [0.15, 0.2) is 18.2 Å². The SMILES string of the molecule is [2H]C([2H])([2H])C(C)(NC(C)C(=O)c1cc(Cl)cc(Cl)c1)C([2H])([2H])[2H]. The Balaban J connectivity index is 3.13. The highest BCUT2D eigenvalue weighted by atomic mass is 35.5. The number of hydrogen-bond acceptors (Lipinski definition) is 2. The van der Waals surface area contributed by atoms with Crippen molar-refractivity contribution in [1.29, 1.82) is 0 Å². The third-order valence-corrected chi connectivity index (χ3v) is 2.48. The van der Waals surface area contributed by atoms with E-state index in [-0.39, 0.29) is 15.6 Å². The maximum Gasteiger partial charge on any atom is 0.179 e. The van der Waals surface area contributed by atoms with Crippen molar-refractivity contribution in [3.63, 3.8) is 0 Å². The highest BCUT2D eigenvalue weighted by Gasteiger charge is 2.21. The molecule has 0 bridgehead atoms. The number of benzene rings is 1. The van der Waals surface area contributed by atoms with E-state index >= 15 is 0 Å². The molecule has 1 aromatic rings. The summed E-state index contributed by atoms with van der Waals surface area (Å²) in [6.07, 6.45) is 0. The first-order valence-corrected chi connectivity index (χ1v) is 5.72. The van der Waals surface area contributed by atoms with Crippen molar-refractivity contribution in [1.82, 2.24) is 5.32 Å². The maximum atomic E-state index is 12.4. The molecule has 17 heavy (non-hydrogen) atoms. The van der Waals surface area contributed by atoms with E-state index in [9.17, 15) is 4.79 Å². The lowest BCUT2D eigenvalue weighted by Crippen LogP contribution is -2.46. The van der Waals surface area contributed by atoms with Crippen LogP contribution in [0.2, 0.25) is 10.0 Å². The topological polar surface area (TPSA) is 29.1 Å². The van der Waals surface area contributed by atoms with Crippen LogP contribution in [0.3, 0.4) is 0 Å². The average Bonchev–Trinajstić information content (AvgIpc) is 2.33. The number of ketones is 1. The molecule has 1 aromatic carbocycles. The van der Waals surface area contributed by atoms with E-state index in [0.29, 0.717) is 0 Å². The summed E-state index contributed by atoms with van der Waals surface area (Å²) in [4.78, 5) is 12.4. The lowest BCUT2D eigenvalue weighted by atomic mass is 10.0. The molecule has 2 nitrogen and oxygen atoms in total. The number of halogens is 2. The minimum absolute atomic E-state index is 0.168. The molecule has 1 unspecified atom stereocenters. The van der Waals surface area contributed by atoms with Crippen LogP contribution in [-0.4, -0.2) is 17.4 Å². The molecule has 0 aliphatic rings. The molecule has 0 spiro atoms. The molecular weight excluding hydrogens is 257 g/mol. The van der Waals surface area contributed by atoms with Gasteiger partial charge in [-0.05, 0) is 45.8 Å². The van der Waals surface area contributed by atoms with Crippen LogP contribution < -0.4 is 5.32 Å². The number of rotatable bonds is 3. The Morgan fingerprint density at radius 3 is 2.35 bits per heavy atom. The molecule has 0 aromatic heterocycles. The van der Waals surface area contributed by atoms with Crippen molar-refractivity contribution >= 4 is 29.0 Å². The van der Waals surface area contributed by atoms with Crippen molar-refractivity contribution in [3.8, 4) is 0 Å². The number of hydrogen-bond donors (Lipinski definition) is 1. The van der Waals surface area contributed by atoms with Gasteiger partial charge >= 0.3 is 0 Å². The molecule has 1 rings (SSSR count). The Labute approximate surface area is 121 Å². The van der Waals surface area contributed by atoms with Gasteiger partial charge in [-0.3, -0.25) is 4.79 Å². The van der Waals surface area contributed by atoms with E-state index in [1.54, 1.807) is 0 Å². The lowest BCUT2D eigenvalue weighted by molar-refractivity contribution is 0.0936. The molecule has 0 saturated heterocycles. The van der Waals surface area contributed by atoms with Gasteiger partial charge in [-0.2, -0.15) is 0 Å². The summed E-state index contributed by atoms with van der Waals surface area (Å²) in [6.45, 7) is -3.22. The molecule has 4 heteroatoms. The molecule has 0 aliphatic heterocycles. The zero-order valence-corrected chi connectivity index (χ0v) is 11.0. The zero-order chi connectivity index (χ0) is 18.2. The van der Waals surface area contributed by atoms with Gasteiger partial charge < -0.3 is 5.32 Å². The summed E-state index contributed by atoms with van der Waals surface area (Å²) in [5, 5.41) is 2.95. The van der Waals surface area contributed by atoms with Crippen molar-refractivity contribution in [2.75, 3.05) is 0 Å². The van der Waals surface area contributed by atoms with Gasteiger partial charge in [0, 0.05) is 29.4 Å². The largest absolute Gasteiger partial charge is 0.303 e. The second-order valence-electron chi connectivity index (χ2n) is 4.01. The summed E-state index contributed by atoms with van der Waals surface area (Å²) >= 11 is 11.7. The Bertz CT molecular complexity index is 565. The molecular formula is C13H17Cl2NO. The Kier molecular flexibility index (Phi) is 2.46. The standard InChI is InChI=1S/C13H17Cl2NO/c1-8(16-13(2,3)4)12(17)9-5-10(14)7-11(15)6-9/h5-8,16H,1-4H3/i2D3,3D3. The third kappa shape index (κ3) is 4.66. The summed E-state index contributed by atoms with van der Waals surface area (Å²) in [7, 11) is 0. The Hall–Kier alpha value is -0.570. The third-order valence-electron chi connectivity index (χ3n) is 2.05. The van der Waals surface area contributed by atoms with E-state index in [2.05, 4.69) is 5.32 Å². The van der Waals surface area contributed by atoms with Gasteiger partial charge in [0.2, 0.25) is 0 Å². The van der Waals surface area contributed by atoms with Crippen LogP contribution in [0.1, 0.15) is 46.1 Å². The summed E-state index contributed by atoms with van der Waals surface area (Å²) in [5.41, 5.74) is -2.07. The first-order chi connectivity index (χ1) is 10.2. The maximum absolute atomic E-state index is 12.4. The fourth-order valence-corrected chi connectivity index (χ4v) is 1.97. The van der Waals surface area contributed by atoms with Crippen molar-refractivity contribution < 1.29 is 13.0 Å². The molecule has 0 saturated carbocycles. The normalized spacial score (nSPS) is 20.2. The predicted molar refractivity (Wildman–Crippen MR) is 73.1 cm³/mol.